The Bertz CT molecular complexity index is 566. The molecule has 0 aromatic heterocycles. The number of ether oxygens (including phenoxy) is 1. The van der Waals surface area contributed by atoms with E-state index in [1.54, 1.807) is 0 Å². The molecule has 0 bridgehead atoms. The maximum absolute atomic E-state index is 5.89. The van der Waals surface area contributed by atoms with Crippen LogP contribution in [0.15, 0.2) is 46.9 Å². The van der Waals surface area contributed by atoms with Crippen molar-refractivity contribution in [1.29, 1.82) is 0 Å². The summed E-state index contributed by atoms with van der Waals surface area (Å²) in [6, 6.07) is 14.7. The van der Waals surface area contributed by atoms with Gasteiger partial charge in [0.05, 0.1) is 4.47 Å². The molecule has 0 radical (unpaired) electrons. The lowest BCUT2D eigenvalue weighted by atomic mass is 10.1. The van der Waals surface area contributed by atoms with E-state index >= 15 is 0 Å². The second-order valence-electron chi connectivity index (χ2n) is 4.88. The minimum atomic E-state index is 0.361. The van der Waals surface area contributed by atoms with E-state index in [0.717, 1.165) is 22.5 Å². The van der Waals surface area contributed by atoms with Crippen LogP contribution in [0.3, 0.4) is 0 Å². The Balaban J connectivity index is 2.10. The van der Waals surface area contributed by atoms with E-state index < -0.39 is 0 Å². The van der Waals surface area contributed by atoms with E-state index in [9.17, 15) is 0 Å². The van der Waals surface area contributed by atoms with Gasteiger partial charge in [-0.1, -0.05) is 25.1 Å². The zero-order valence-corrected chi connectivity index (χ0v) is 13.7. The summed E-state index contributed by atoms with van der Waals surface area (Å²) < 4.78 is 6.87. The van der Waals surface area contributed by atoms with Crippen LogP contribution in [0.1, 0.15) is 31.0 Å². The van der Waals surface area contributed by atoms with Crippen LogP contribution in [0.25, 0.3) is 0 Å². The normalized spacial score (nSPS) is 12.2. The zero-order valence-electron chi connectivity index (χ0n) is 12.1. The van der Waals surface area contributed by atoms with Gasteiger partial charge >= 0.3 is 0 Å². The molecule has 0 saturated carbocycles. The smallest absolute Gasteiger partial charge is 0.141 e. The molecule has 0 aliphatic heterocycles. The summed E-state index contributed by atoms with van der Waals surface area (Å²) in [4.78, 5) is 0. The number of hydrogen-bond acceptors (Lipinski definition) is 2. The molecule has 0 saturated heterocycles. The molecule has 1 atom stereocenters. The highest BCUT2D eigenvalue weighted by molar-refractivity contribution is 9.10. The van der Waals surface area contributed by atoms with Crippen molar-refractivity contribution in [3.8, 4) is 11.5 Å². The van der Waals surface area contributed by atoms with Crippen LogP contribution in [0.2, 0.25) is 0 Å². The van der Waals surface area contributed by atoms with Gasteiger partial charge in [-0.15, -0.1) is 0 Å². The molecule has 0 aliphatic rings. The van der Waals surface area contributed by atoms with Crippen LogP contribution in [0.4, 0.5) is 0 Å². The number of benzene rings is 2. The fourth-order valence-corrected chi connectivity index (χ4v) is 2.64. The maximum atomic E-state index is 5.89. The quantitative estimate of drug-likeness (QED) is 0.809. The fourth-order valence-electron chi connectivity index (χ4n) is 2.06. The van der Waals surface area contributed by atoms with Gasteiger partial charge in [-0.2, -0.15) is 0 Å². The lowest BCUT2D eigenvalue weighted by Crippen LogP contribution is -2.17. The summed E-state index contributed by atoms with van der Waals surface area (Å²) in [7, 11) is 0. The van der Waals surface area contributed by atoms with Crippen molar-refractivity contribution in [2.75, 3.05) is 6.54 Å². The maximum Gasteiger partial charge on any atom is 0.141 e. The summed E-state index contributed by atoms with van der Waals surface area (Å²) >= 11 is 3.53. The van der Waals surface area contributed by atoms with Crippen LogP contribution in [-0.2, 0) is 0 Å². The molecular formula is C17H20BrNO. The summed E-state index contributed by atoms with van der Waals surface area (Å²) in [6.07, 6.45) is 0. The molecule has 2 aromatic carbocycles. The Labute approximate surface area is 129 Å². The molecule has 2 aromatic rings. The molecule has 0 aliphatic carbocycles. The van der Waals surface area contributed by atoms with E-state index in [1.807, 2.05) is 24.3 Å². The van der Waals surface area contributed by atoms with Gasteiger partial charge in [0.15, 0.2) is 0 Å². The molecule has 1 unspecified atom stereocenters. The number of rotatable bonds is 5. The van der Waals surface area contributed by atoms with Crippen LogP contribution < -0.4 is 10.1 Å². The Hall–Kier alpha value is -1.32. The lowest BCUT2D eigenvalue weighted by molar-refractivity contribution is 0.478. The number of nitrogens with one attached hydrogen (secondary N) is 1. The number of aryl methyl sites for hydroxylation is 1. The first-order valence-electron chi connectivity index (χ1n) is 6.87. The first-order valence-corrected chi connectivity index (χ1v) is 7.66. The van der Waals surface area contributed by atoms with Gasteiger partial charge in [-0.05, 0) is 71.7 Å². The predicted octanol–water partition coefficient (Wildman–Crippen LogP) is 5.22. The van der Waals surface area contributed by atoms with Crippen LogP contribution >= 0.6 is 15.9 Å². The van der Waals surface area contributed by atoms with Crippen LogP contribution in [-0.4, -0.2) is 6.54 Å². The average Bonchev–Trinajstić information content (AvgIpc) is 2.43. The van der Waals surface area contributed by atoms with E-state index in [1.165, 1.54) is 11.1 Å². The Morgan fingerprint density at radius 3 is 2.45 bits per heavy atom. The van der Waals surface area contributed by atoms with Crippen LogP contribution in [0.5, 0.6) is 11.5 Å². The van der Waals surface area contributed by atoms with Gasteiger partial charge in [0, 0.05) is 6.04 Å². The van der Waals surface area contributed by atoms with Crippen molar-refractivity contribution in [3.63, 3.8) is 0 Å². The Morgan fingerprint density at radius 2 is 1.85 bits per heavy atom. The minimum Gasteiger partial charge on any atom is -0.456 e. The Morgan fingerprint density at radius 1 is 1.15 bits per heavy atom. The van der Waals surface area contributed by atoms with E-state index in [4.69, 9.17) is 4.74 Å². The number of hydrogen-bond donors (Lipinski definition) is 1. The predicted molar refractivity (Wildman–Crippen MR) is 87.5 cm³/mol. The summed E-state index contributed by atoms with van der Waals surface area (Å²) in [5, 5.41) is 3.40. The van der Waals surface area contributed by atoms with Crippen molar-refractivity contribution < 1.29 is 4.74 Å². The molecule has 0 heterocycles. The summed E-state index contributed by atoms with van der Waals surface area (Å²) in [5.74, 6) is 1.69. The van der Waals surface area contributed by atoms with E-state index in [-0.39, 0.29) is 0 Å². The van der Waals surface area contributed by atoms with Gasteiger partial charge < -0.3 is 10.1 Å². The van der Waals surface area contributed by atoms with Crippen LogP contribution in [0, 0.1) is 6.92 Å². The third-order valence-electron chi connectivity index (χ3n) is 3.21. The number of halogens is 1. The molecule has 2 nitrogen and oxygen atoms in total. The molecule has 3 heteroatoms. The highest BCUT2D eigenvalue weighted by Crippen LogP contribution is 2.30. The standard InChI is InChI=1S/C17H20BrNO/c1-4-19-13(3)14-6-8-15(9-7-14)20-17-10-5-12(2)11-16(17)18/h5-11,13,19H,4H2,1-3H3. The van der Waals surface area contributed by atoms with Crippen molar-refractivity contribution in [2.24, 2.45) is 0 Å². The van der Waals surface area contributed by atoms with Crippen molar-refractivity contribution in [2.45, 2.75) is 26.8 Å². The first kappa shape index (κ1) is 15.1. The highest BCUT2D eigenvalue weighted by atomic mass is 79.9. The molecular weight excluding hydrogens is 314 g/mol. The second kappa shape index (κ2) is 6.91. The van der Waals surface area contributed by atoms with Crippen molar-refractivity contribution in [3.05, 3.63) is 58.1 Å². The Kier molecular flexibility index (Phi) is 5.21. The largest absolute Gasteiger partial charge is 0.456 e. The SMILES string of the molecule is CCNC(C)c1ccc(Oc2ccc(C)cc2Br)cc1. The summed E-state index contributed by atoms with van der Waals surface area (Å²) in [6.45, 7) is 7.31. The van der Waals surface area contributed by atoms with Gasteiger partial charge in [-0.3, -0.25) is 0 Å². The molecule has 106 valence electrons. The van der Waals surface area contributed by atoms with E-state index in [0.29, 0.717) is 6.04 Å². The molecule has 0 fully saturated rings. The monoisotopic (exact) mass is 333 g/mol. The third-order valence-corrected chi connectivity index (χ3v) is 3.83. The minimum absolute atomic E-state index is 0.361. The molecule has 20 heavy (non-hydrogen) atoms. The van der Waals surface area contributed by atoms with Gasteiger partial charge in [0.2, 0.25) is 0 Å². The van der Waals surface area contributed by atoms with Gasteiger partial charge in [0.1, 0.15) is 11.5 Å². The third kappa shape index (κ3) is 3.84. The lowest BCUT2D eigenvalue weighted by Gasteiger charge is -2.14. The topological polar surface area (TPSA) is 21.3 Å². The summed E-state index contributed by atoms with van der Waals surface area (Å²) in [5.41, 5.74) is 2.47. The zero-order chi connectivity index (χ0) is 14.5. The molecule has 0 spiro atoms. The molecule has 2 rings (SSSR count). The molecule has 1 N–H and O–H groups in total. The van der Waals surface area contributed by atoms with Crippen molar-refractivity contribution >= 4 is 15.9 Å². The second-order valence-corrected chi connectivity index (χ2v) is 5.74. The highest BCUT2D eigenvalue weighted by Gasteiger charge is 2.06. The fraction of sp³-hybridized carbons (Fsp3) is 0.294. The van der Waals surface area contributed by atoms with Gasteiger partial charge in [-0.25, -0.2) is 0 Å². The average molecular weight is 334 g/mol. The van der Waals surface area contributed by atoms with Crippen molar-refractivity contribution in [1.82, 2.24) is 5.32 Å². The van der Waals surface area contributed by atoms with E-state index in [2.05, 4.69) is 60.2 Å². The first-order chi connectivity index (χ1) is 9.60. The van der Waals surface area contributed by atoms with Gasteiger partial charge in [0.25, 0.3) is 0 Å². The molecule has 0 amide bonds.